The van der Waals surface area contributed by atoms with Gasteiger partial charge < -0.3 is 14.2 Å². The minimum absolute atomic E-state index is 0.0452. The third-order valence-corrected chi connectivity index (χ3v) is 6.35. The van der Waals surface area contributed by atoms with E-state index in [0.717, 1.165) is 44.6 Å². The molecule has 3 nitrogen and oxygen atoms in total. The summed E-state index contributed by atoms with van der Waals surface area (Å²) in [6.45, 7) is 1.45. The van der Waals surface area contributed by atoms with Crippen LogP contribution in [0.2, 0.25) is 0 Å². The second-order valence-corrected chi connectivity index (χ2v) is 7.57. The van der Waals surface area contributed by atoms with Crippen molar-refractivity contribution in [3.05, 3.63) is 65.2 Å². The minimum Gasteiger partial charge on any atom is -0.497 e. The van der Waals surface area contributed by atoms with Crippen LogP contribution in [0.4, 0.5) is 0 Å². The summed E-state index contributed by atoms with van der Waals surface area (Å²) >= 11 is 0. The average molecular weight is 348 g/mol. The molecule has 0 bridgehead atoms. The van der Waals surface area contributed by atoms with Crippen LogP contribution in [-0.2, 0) is 14.9 Å². The average Bonchev–Trinajstić information content (AvgIpc) is 3.28. The normalized spacial score (nSPS) is 22.4. The maximum Gasteiger partial charge on any atom is 0.168 e. The third-order valence-electron chi connectivity index (χ3n) is 6.35. The van der Waals surface area contributed by atoms with E-state index in [1.165, 1.54) is 22.3 Å². The van der Waals surface area contributed by atoms with Crippen molar-refractivity contribution in [1.29, 1.82) is 0 Å². The van der Waals surface area contributed by atoms with Crippen LogP contribution in [0, 0.1) is 0 Å². The van der Waals surface area contributed by atoms with E-state index in [4.69, 9.17) is 14.2 Å². The van der Waals surface area contributed by atoms with Gasteiger partial charge in [-0.3, -0.25) is 0 Å². The van der Waals surface area contributed by atoms with E-state index in [1.807, 2.05) is 6.07 Å². The van der Waals surface area contributed by atoms with Crippen LogP contribution in [0.15, 0.2) is 48.5 Å². The topological polar surface area (TPSA) is 27.7 Å². The predicted octanol–water partition coefficient (Wildman–Crippen LogP) is 4.80. The van der Waals surface area contributed by atoms with Crippen LogP contribution in [0.1, 0.15) is 42.4 Å². The first kappa shape index (κ1) is 16.1. The fraction of sp³-hybridized carbons (Fsp3) is 0.391. The summed E-state index contributed by atoms with van der Waals surface area (Å²) < 4.78 is 17.5. The van der Waals surface area contributed by atoms with Gasteiger partial charge in [0.15, 0.2) is 5.79 Å². The van der Waals surface area contributed by atoms with Crippen LogP contribution in [0.3, 0.4) is 0 Å². The lowest BCUT2D eigenvalue weighted by Gasteiger charge is -2.44. The van der Waals surface area contributed by atoms with Crippen LogP contribution in [0.5, 0.6) is 5.75 Å². The second kappa shape index (κ2) is 5.97. The number of benzene rings is 2. The summed E-state index contributed by atoms with van der Waals surface area (Å²) in [5.41, 5.74) is 5.50. The first-order chi connectivity index (χ1) is 12.7. The Labute approximate surface area is 154 Å². The zero-order chi connectivity index (χ0) is 17.6. The SMILES string of the molecule is COc1cccc(C2=Cc3ccccc3C23CCC2(CC3)OCCO2)c1. The first-order valence-corrected chi connectivity index (χ1v) is 9.49. The van der Waals surface area contributed by atoms with Crippen molar-refractivity contribution >= 4 is 11.6 Å². The molecule has 0 radical (unpaired) electrons. The molecule has 2 aromatic rings. The number of fused-ring (bicyclic) bond motifs is 2. The molecule has 1 aliphatic heterocycles. The van der Waals surface area contributed by atoms with Gasteiger partial charge in [-0.2, -0.15) is 0 Å². The number of hydrogen-bond acceptors (Lipinski definition) is 3. The number of hydrogen-bond donors (Lipinski definition) is 0. The summed E-state index contributed by atoms with van der Waals surface area (Å²) in [6.07, 6.45) is 6.36. The Kier molecular flexibility index (Phi) is 3.70. The molecule has 1 saturated heterocycles. The summed E-state index contributed by atoms with van der Waals surface area (Å²) in [5, 5.41) is 0. The van der Waals surface area contributed by atoms with Crippen molar-refractivity contribution in [3.63, 3.8) is 0 Å². The summed E-state index contributed by atoms with van der Waals surface area (Å²) in [5.74, 6) is 0.562. The van der Waals surface area contributed by atoms with E-state index in [2.05, 4.69) is 48.5 Å². The minimum atomic E-state index is -0.345. The lowest BCUT2D eigenvalue weighted by Crippen LogP contribution is -2.42. The van der Waals surface area contributed by atoms with Crippen molar-refractivity contribution in [1.82, 2.24) is 0 Å². The van der Waals surface area contributed by atoms with E-state index in [9.17, 15) is 0 Å². The van der Waals surface area contributed by atoms with E-state index in [1.54, 1.807) is 7.11 Å². The first-order valence-electron chi connectivity index (χ1n) is 9.49. The Balaban J connectivity index is 1.58. The van der Waals surface area contributed by atoms with Crippen molar-refractivity contribution in [2.75, 3.05) is 20.3 Å². The zero-order valence-electron chi connectivity index (χ0n) is 15.2. The van der Waals surface area contributed by atoms with Gasteiger partial charge in [0.25, 0.3) is 0 Å². The highest BCUT2D eigenvalue weighted by molar-refractivity contribution is 5.94. The Hall–Kier alpha value is -2.10. The van der Waals surface area contributed by atoms with Gasteiger partial charge in [-0.15, -0.1) is 0 Å². The fourth-order valence-corrected chi connectivity index (χ4v) is 5.03. The molecule has 2 fully saturated rings. The van der Waals surface area contributed by atoms with Gasteiger partial charge in [0.1, 0.15) is 5.75 Å². The summed E-state index contributed by atoms with van der Waals surface area (Å²) in [7, 11) is 1.73. The molecular formula is C23H24O3. The molecule has 1 heterocycles. The van der Waals surface area contributed by atoms with Gasteiger partial charge in [0, 0.05) is 18.3 Å². The van der Waals surface area contributed by atoms with Gasteiger partial charge in [-0.1, -0.05) is 36.4 Å². The molecular weight excluding hydrogens is 324 g/mol. The monoisotopic (exact) mass is 348 g/mol. The molecule has 26 heavy (non-hydrogen) atoms. The standard InChI is InChI=1S/C23H24O3/c1-24-19-7-4-6-17(15-19)21-16-18-5-2-3-8-20(18)22(21)9-11-23(12-10-22)25-13-14-26-23/h2-8,15-16H,9-14H2,1H3. The molecule has 0 unspecified atom stereocenters. The van der Waals surface area contributed by atoms with Gasteiger partial charge in [-0.05, 0) is 53.3 Å². The van der Waals surface area contributed by atoms with E-state index < -0.39 is 0 Å². The molecule has 0 atom stereocenters. The molecule has 0 aromatic heterocycles. The maximum atomic E-state index is 5.99. The van der Waals surface area contributed by atoms with E-state index >= 15 is 0 Å². The van der Waals surface area contributed by atoms with Crippen LogP contribution in [0.25, 0.3) is 11.6 Å². The zero-order valence-corrected chi connectivity index (χ0v) is 15.2. The lowest BCUT2D eigenvalue weighted by atomic mass is 9.64. The Bertz CT molecular complexity index is 851. The van der Waals surface area contributed by atoms with Crippen molar-refractivity contribution in [2.45, 2.75) is 36.9 Å². The number of ether oxygens (including phenoxy) is 3. The molecule has 3 aliphatic rings. The van der Waals surface area contributed by atoms with Gasteiger partial charge in [-0.25, -0.2) is 0 Å². The van der Waals surface area contributed by atoms with Crippen LogP contribution in [-0.4, -0.2) is 26.1 Å². The highest BCUT2D eigenvalue weighted by atomic mass is 16.7. The van der Waals surface area contributed by atoms with Crippen molar-refractivity contribution < 1.29 is 14.2 Å². The largest absolute Gasteiger partial charge is 0.497 e. The second-order valence-electron chi connectivity index (χ2n) is 7.57. The highest BCUT2D eigenvalue weighted by Crippen LogP contribution is 2.57. The molecule has 2 aromatic carbocycles. The Morgan fingerprint density at radius 2 is 1.65 bits per heavy atom. The third kappa shape index (κ3) is 2.34. The molecule has 3 heteroatoms. The van der Waals surface area contributed by atoms with Crippen LogP contribution >= 0.6 is 0 Å². The fourth-order valence-electron chi connectivity index (χ4n) is 5.03. The lowest BCUT2D eigenvalue weighted by molar-refractivity contribution is -0.182. The highest BCUT2D eigenvalue weighted by Gasteiger charge is 2.50. The summed E-state index contributed by atoms with van der Waals surface area (Å²) in [4.78, 5) is 0. The van der Waals surface area contributed by atoms with Gasteiger partial charge >= 0.3 is 0 Å². The number of rotatable bonds is 2. The maximum absolute atomic E-state index is 5.99. The Morgan fingerprint density at radius 1 is 0.885 bits per heavy atom. The Morgan fingerprint density at radius 3 is 2.42 bits per heavy atom. The quantitative estimate of drug-likeness (QED) is 0.780. The predicted molar refractivity (Wildman–Crippen MR) is 102 cm³/mol. The molecule has 0 amide bonds. The molecule has 1 saturated carbocycles. The number of allylic oxidation sites excluding steroid dienone is 1. The number of methoxy groups -OCH3 is 1. The molecule has 2 aliphatic carbocycles. The van der Waals surface area contributed by atoms with E-state index in [0.29, 0.717) is 0 Å². The molecule has 134 valence electrons. The molecule has 2 spiro atoms. The summed E-state index contributed by atoms with van der Waals surface area (Å²) in [6, 6.07) is 17.3. The van der Waals surface area contributed by atoms with E-state index in [-0.39, 0.29) is 11.2 Å². The molecule has 0 N–H and O–H groups in total. The van der Waals surface area contributed by atoms with Gasteiger partial charge in [0.2, 0.25) is 0 Å². The van der Waals surface area contributed by atoms with Crippen molar-refractivity contribution in [3.8, 4) is 5.75 Å². The van der Waals surface area contributed by atoms with Crippen LogP contribution < -0.4 is 4.74 Å². The van der Waals surface area contributed by atoms with Gasteiger partial charge in [0.05, 0.1) is 20.3 Å². The smallest absolute Gasteiger partial charge is 0.168 e. The molecule has 5 rings (SSSR count). The van der Waals surface area contributed by atoms with Crippen molar-refractivity contribution in [2.24, 2.45) is 0 Å².